The third kappa shape index (κ3) is 4.42. The zero-order valence-corrected chi connectivity index (χ0v) is 16.8. The molecule has 0 unspecified atom stereocenters. The molecule has 1 saturated heterocycles. The van der Waals surface area contributed by atoms with Gasteiger partial charge < -0.3 is 14.4 Å². The van der Waals surface area contributed by atoms with E-state index in [0.717, 1.165) is 23.9 Å². The highest BCUT2D eigenvalue weighted by Crippen LogP contribution is 2.40. The van der Waals surface area contributed by atoms with Crippen LogP contribution in [0.5, 0.6) is 11.5 Å². The fraction of sp³-hybridized carbons (Fsp3) is 0.429. The number of nitrogens with zero attached hydrogens (tertiary/aromatic N) is 3. The van der Waals surface area contributed by atoms with E-state index in [0.29, 0.717) is 34.5 Å². The van der Waals surface area contributed by atoms with Crippen molar-refractivity contribution in [1.82, 2.24) is 9.88 Å². The molecule has 0 radical (unpaired) electrons. The predicted molar refractivity (Wildman–Crippen MR) is 113 cm³/mol. The number of pyridine rings is 1. The predicted octanol–water partition coefficient (Wildman–Crippen LogP) is 5.13. The first kappa shape index (κ1) is 19.6. The first-order valence-electron chi connectivity index (χ1n) is 9.33. The summed E-state index contributed by atoms with van der Waals surface area (Å²) in [5.41, 5.74) is 2.01. The van der Waals surface area contributed by atoms with E-state index in [4.69, 9.17) is 21.1 Å². The smallest absolute Gasteiger partial charge is 0.163 e. The van der Waals surface area contributed by atoms with Gasteiger partial charge in [-0.25, -0.2) is 4.98 Å². The molecule has 1 aliphatic rings. The Balaban J connectivity index is 1.84. The molecule has 2 heterocycles. The zero-order valence-electron chi connectivity index (χ0n) is 16.0. The maximum absolute atomic E-state index is 6.55. The molecule has 0 saturated carbocycles. The summed E-state index contributed by atoms with van der Waals surface area (Å²) in [5, 5.41) is 1.29. The molecule has 1 aliphatic heterocycles. The second-order valence-electron chi connectivity index (χ2n) is 6.59. The molecule has 144 valence electrons. The number of hydrogen-bond donors (Lipinski definition) is 0. The van der Waals surface area contributed by atoms with Crippen LogP contribution in [0.4, 0.5) is 5.69 Å². The van der Waals surface area contributed by atoms with Crippen molar-refractivity contribution in [3.8, 4) is 11.5 Å². The van der Waals surface area contributed by atoms with Crippen LogP contribution in [0.2, 0.25) is 5.02 Å². The summed E-state index contributed by atoms with van der Waals surface area (Å²) >= 11 is 6.55. The van der Waals surface area contributed by atoms with Crippen LogP contribution < -0.4 is 9.47 Å². The average Bonchev–Trinajstić information content (AvgIpc) is 3.19. The Bertz CT molecular complexity index is 845. The number of aromatic nitrogens is 1. The monoisotopic (exact) mass is 387 g/mol. The van der Waals surface area contributed by atoms with Gasteiger partial charge in [-0.05, 0) is 58.1 Å². The first-order chi connectivity index (χ1) is 13.2. The Kier molecular flexibility index (Phi) is 6.69. The minimum absolute atomic E-state index is 0.516. The van der Waals surface area contributed by atoms with E-state index in [1.807, 2.05) is 31.2 Å². The molecule has 0 spiro atoms. The van der Waals surface area contributed by atoms with Gasteiger partial charge in [0.15, 0.2) is 11.5 Å². The number of benzene rings is 1. The average molecular weight is 388 g/mol. The molecule has 1 fully saturated rings. The third-order valence-electron chi connectivity index (χ3n) is 4.77. The van der Waals surface area contributed by atoms with Crippen molar-refractivity contribution < 1.29 is 9.47 Å². The molecule has 0 bridgehead atoms. The first-order valence-corrected chi connectivity index (χ1v) is 9.71. The number of halogens is 1. The molecule has 1 aromatic heterocycles. The van der Waals surface area contributed by atoms with Crippen molar-refractivity contribution in [3.63, 3.8) is 0 Å². The number of likely N-dealkylation sites (tertiary alicyclic amines) is 1. The van der Waals surface area contributed by atoms with Crippen molar-refractivity contribution in [2.45, 2.75) is 26.2 Å². The largest absolute Gasteiger partial charge is 0.493 e. The fourth-order valence-corrected chi connectivity index (χ4v) is 3.72. The summed E-state index contributed by atoms with van der Waals surface area (Å²) in [7, 11) is 1.63. The second-order valence-corrected chi connectivity index (χ2v) is 6.97. The number of allylic oxidation sites excluding steroid dienone is 1. The lowest BCUT2D eigenvalue weighted by Gasteiger charge is -2.16. The molecule has 0 N–H and O–H groups in total. The van der Waals surface area contributed by atoms with Gasteiger partial charge in [-0.1, -0.05) is 17.7 Å². The molecular weight excluding hydrogens is 362 g/mol. The van der Waals surface area contributed by atoms with Gasteiger partial charge in [0.1, 0.15) is 5.69 Å². The van der Waals surface area contributed by atoms with E-state index in [1.54, 1.807) is 7.11 Å². The third-order valence-corrected chi connectivity index (χ3v) is 5.15. The lowest BCUT2D eigenvalue weighted by Crippen LogP contribution is -2.21. The molecule has 27 heavy (non-hydrogen) atoms. The van der Waals surface area contributed by atoms with E-state index in [2.05, 4.69) is 21.6 Å². The van der Waals surface area contributed by atoms with Gasteiger partial charge in [-0.15, -0.1) is 0 Å². The molecule has 5 nitrogen and oxygen atoms in total. The van der Waals surface area contributed by atoms with E-state index < -0.39 is 0 Å². The van der Waals surface area contributed by atoms with Gasteiger partial charge in [0.25, 0.3) is 0 Å². The van der Waals surface area contributed by atoms with E-state index in [9.17, 15) is 0 Å². The van der Waals surface area contributed by atoms with Gasteiger partial charge in [-0.3, -0.25) is 4.99 Å². The number of ether oxygens (including phenoxy) is 2. The quantitative estimate of drug-likeness (QED) is 0.465. The fourth-order valence-electron chi connectivity index (χ4n) is 3.41. The Hall–Kier alpha value is -2.11. The second kappa shape index (κ2) is 9.20. The Labute approximate surface area is 165 Å². The van der Waals surface area contributed by atoms with Crippen LogP contribution in [0.25, 0.3) is 17.0 Å². The minimum Gasteiger partial charge on any atom is -0.493 e. The van der Waals surface area contributed by atoms with Crippen LogP contribution in [0.15, 0.2) is 23.2 Å². The minimum atomic E-state index is 0.516. The summed E-state index contributed by atoms with van der Waals surface area (Å²) in [5.74, 6) is 1.32. The molecule has 1 aromatic carbocycles. The highest BCUT2D eigenvalue weighted by molar-refractivity contribution is 6.38. The maximum Gasteiger partial charge on any atom is 0.163 e. The van der Waals surface area contributed by atoms with Crippen LogP contribution in [-0.2, 0) is 0 Å². The normalized spacial score (nSPS) is 14.9. The van der Waals surface area contributed by atoms with E-state index >= 15 is 0 Å². The topological polar surface area (TPSA) is 47.0 Å². The van der Waals surface area contributed by atoms with Crippen molar-refractivity contribution in [1.29, 1.82) is 0 Å². The molecule has 0 aliphatic carbocycles. The summed E-state index contributed by atoms with van der Waals surface area (Å²) in [6.07, 6.45) is 7.37. The van der Waals surface area contributed by atoms with Gasteiger partial charge in [0.2, 0.25) is 0 Å². The van der Waals surface area contributed by atoms with Crippen LogP contribution in [0.3, 0.4) is 0 Å². The van der Waals surface area contributed by atoms with Gasteiger partial charge >= 0.3 is 0 Å². The molecule has 2 aromatic rings. The van der Waals surface area contributed by atoms with Gasteiger partial charge in [0.05, 0.1) is 29.9 Å². The molecular formula is C21H26ClN3O2. The highest BCUT2D eigenvalue weighted by Gasteiger charge is 2.16. The van der Waals surface area contributed by atoms with Gasteiger partial charge in [-0.2, -0.15) is 0 Å². The van der Waals surface area contributed by atoms with E-state index in [-0.39, 0.29) is 0 Å². The summed E-state index contributed by atoms with van der Waals surface area (Å²) in [6.45, 7) is 9.66. The van der Waals surface area contributed by atoms with Crippen molar-refractivity contribution in [2.24, 2.45) is 4.99 Å². The SMILES string of the molecule is C=Nc1c(/C=C\C)nc2cc(OCCCN3CCCC3)c(OC)cc2c1Cl. The van der Waals surface area contributed by atoms with Crippen molar-refractivity contribution in [2.75, 3.05) is 33.4 Å². The number of aliphatic imine (C=N–C) groups is 1. The van der Waals surface area contributed by atoms with Crippen LogP contribution >= 0.6 is 11.6 Å². The number of methoxy groups -OCH3 is 1. The summed E-state index contributed by atoms with van der Waals surface area (Å²) in [4.78, 5) is 11.2. The molecule has 0 atom stereocenters. The Morgan fingerprint density at radius 2 is 2.07 bits per heavy atom. The lowest BCUT2D eigenvalue weighted by molar-refractivity contribution is 0.254. The number of hydrogen-bond acceptors (Lipinski definition) is 5. The molecule has 3 rings (SSSR count). The maximum atomic E-state index is 6.55. The van der Waals surface area contributed by atoms with Crippen LogP contribution in [0, 0.1) is 0 Å². The number of fused-ring (bicyclic) bond motifs is 1. The Morgan fingerprint density at radius 1 is 1.30 bits per heavy atom. The van der Waals surface area contributed by atoms with Crippen molar-refractivity contribution >= 4 is 41.0 Å². The zero-order chi connectivity index (χ0) is 19.2. The van der Waals surface area contributed by atoms with E-state index in [1.165, 1.54) is 25.9 Å². The summed E-state index contributed by atoms with van der Waals surface area (Å²) in [6, 6.07) is 3.74. The molecule has 0 amide bonds. The lowest BCUT2D eigenvalue weighted by atomic mass is 10.1. The standard InChI is InChI=1S/C21H26ClN3O2/c1-4-8-16-21(23-2)20(22)15-13-18(26-3)19(14-17(15)24-16)27-12-7-11-25-9-5-6-10-25/h4,8,13-14H,2,5-7,9-12H2,1,3H3/b8-4-. The Morgan fingerprint density at radius 3 is 2.74 bits per heavy atom. The highest BCUT2D eigenvalue weighted by atomic mass is 35.5. The number of rotatable bonds is 8. The molecule has 6 heteroatoms. The van der Waals surface area contributed by atoms with Crippen LogP contribution in [0.1, 0.15) is 31.9 Å². The summed E-state index contributed by atoms with van der Waals surface area (Å²) < 4.78 is 11.5. The van der Waals surface area contributed by atoms with Crippen molar-refractivity contribution in [3.05, 3.63) is 28.9 Å². The van der Waals surface area contributed by atoms with Crippen LogP contribution in [-0.4, -0.2) is 50.0 Å². The van der Waals surface area contributed by atoms with Gasteiger partial charge in [0, 0.05) is 18.0 Å².